The lowest BCUT2D eigenvalue weighted by Gasteiger charge is -2.25. The van der Waals surface area contributed by atoms with Crippen LogP contribution in [0.3, 0.4) is 0 Å². The van der Waals surface area contributed by atoms with Gasteiger partial charge >= 0.3 is 0 Å². The average molecular weight is 143 g/mol. The van der Waals surface area contributed by atoms with E-state index in [1.54, 1.807) is 0 Å². The van der Waals surface area contributed by atoms with E-state index in [4.69, 9.17) is 4.74 Å². The molecule has 0 aliphatic carbocycles. The quantitative estimate of drug-likeness (QED) is 0.580. The van der Waals surface area contributed by atoms with Gasteiger partial charge in [-0.3, -0.25) is 4.90 Å². The van der Waals surface area contributed by atoms with Crippen molar-refractivity contribution in [1.82, 2.24) is 4.90 Å². The number of hydrogen-bond donors (Lipinski definition) is 0. The molecule has 1 heterocycles. The first-order valence-corrected chi connectivity index (χ1v) is 4.09. The Morgan fingerprint density at radius 2 is 2.40 bits per heavy atom. The van der Waals surface area contributed by atoms with E-state index in [1.165, 1.54) is 6.42 Å². The maximum Gasteiger partial charge on any atom is 0.0996 e. The van der Waals surface area contributed by atoms with Crippen molar-refractivity contribution in [3.63, 3.8) is 0 Å². The molecule has 60 valence electrons. The van der Waals surface area contributed by atoms with Gasteiger partial charge < -0.3 is 4.74 Å². The molecule has 1 saturated heterocycles. The van der Waals surface area contributed by atoms with Crippen LogP contribution in [0.4, 0.5) is 0 Å². The maximum absolute atomic E-state index is 5.32. The van der Waals surface area contributed by atoms with Gasteiger partial charge in [0.25, 0.3) is 0 Å². The SMILES string of the molecule is CCC(C)N1COCC1C. The Kier molecular flexibility index (Phi) is 2.69. The van der Waals surface area contributed by atoms with E-state index in [1.807, 2.05) is 0 Å². The lowest BCUT2D eigenvalue weighted by atomic mass is 10.2. The van der Waals surface area contributed by atoms with Gasteiger partial charge in [-0.25, -0.2) is 0 Å². The van der Waals surface area contributed by atoms with E-state index in [9.17, 15) is 0 Å². The van der Waals surface area contributed by atoms with Gasteiger partial charge in [-0.05, 0) is 20.3 Å². The van der Waals surface area contributed by atoms with Crippen LogP contribution in [-0.4, -0.2) is 30.3 Å². The Bertz CT molecular complexity index is 105. The third-order valence-electron chi connectivity index (χ3n) is 2.32. The second-order valence-corrected chi connectivity index (χ2v) is 3.12. The van der Waals surface area contributed by atoms with E-state index in [-0.39, 0.29) is 0 Å². The molecule has 10 heavy (non-hydrogen) atoms. The fourth-order valence-electron chi connectivity index (χ4n) is 1.35. The van der Waals surface area contributed by atoms with Crippen molar-refractivity contribution in [3.8, 4) is 0 Å². The first kappa shape index (κ1) is 8.02. The van der Waals surface area contributed by atoms with Crippen LogP contribution in [0.5, 0.6) is 0 Å². The first-order chi connectivity index (χ1) is 4.75. The topological polar surface area (TPSA) is 12.5 Å². The molecule has 1 aliphatic heterocycles. The molecule has 0 bridgehead atoms. The van der Waals surface area contributed by atoms with E-state index in [2.05, 4.69) is 25.7 Å². The predicted molar refractivity (Wildman–Crippen MR) is 41.9 cm³/mol. The van der Waals surface area contributed by atoms with Crippen LogP contribution < -0.4 is 0 Å². The molecule has 2 unspecified atom stereocenters. The summed E-state index contributed by atoms with van der Waals surface area (Å²) in [5.41, 5.74) is 0. The molecule has 0 spiro atoms. The molecule has 2 heteroatoms. The predicted octanol–water partition coefficient (Wildman–Crippen LogP) is 1.46. The number of nitrogens with zero attached hydrogens (tertiary/aromatic N) is 1. The molecule has 0 aromatic heterocycles. The van der Waals surface area contributed by atoms with Gasteiger partial charge in [-0.2, -0.15) is 0 Å². The second-order valence-electron chi connectivity index (χ2n) is 3.12. The molecule has 0 N–H and O–H groups in total. The highest BCUT2D eigenvalue weighted by Gasteiger charge is 2.24. The van der Waals surface area contributed by atoms with Gasteiger partial charge in [-0.15, -0.1) is 0 Å². The Morgan fingerprint density at radius 3 is 2.80 bits per heavy atom. The van der Waals surface area contributed by atoms with Gasteiger partial charge in [0, 0.05) is 12.1 Å². The molecule has 0 aromatic carbocycles. The molecule has 2 nitrogen and oxygen atoms in total. The molecule has 1 aliphatic rings. The Morgan fingerprint density at radius 1 is 1.70 bits per heavy atom. The van der Waals surface area contributed by atoms with Crippen molar-refractivity contribution in [2.45, 2.75) is 39.3 Å². The first-order valence-electron chi connectivity index (χ1n) is 4.09. The van der Waals surface area contributed by atoms with E-state index >= 15 is 0 Å². The molecule has 0 radical (unpaired) electrons. The number of ether oxygens (including phenoxy) is 1. The Labute approximate surface area is 63.2 Å². The van der Waals surface area contributed by atoms with Crippen LogP contribution in [-0.2, 0) is 4.74 Å². The smallest absolute Gasteiger partial charge is 0.0996 e. The van der Waals surface area contributed by atoms with E-state index in [0.29, 0.717) is 12.1 Å². The van der Waals surface area contributed by atoms with Crippen molar-refractivity contribution in [1.29, 1.82) is 0 Å². The summed E-state index contributed by atoms with van der Waals surface area (Å²) in [5, 5.41) is 0. The van der Waals surface area contributed by atoms with Gasteiger partial charge in [0.05, 0.1) is 13.3 Å². The third-order valence-corrected chi connectivity index (χ3v) is 2.32. The summed E-state index contributed by atoms with van der Waals surface area (Å²) in [4.78, 5) is 2.40. The lowest BCUT2D eigenvalue weighted by molar-refractivity contribution is 0.112. The van der Waals surface area contributed by atoms with Gasteiger partial charge in [0.1, 0.15) is 0 Å². The molecular formula is C8H17NO. The molecular weight excluding hydrogens is 126 g/mol. The fraction of sp³-hybridized carbons (Fsp3) is 1.00. The van der Waals surface area contributed by atoms with Crippen LogP contribution in [0.25, 0.3) is 0 Å². The van der Waals surface area contributed by atoms with Crippen LogP contribution >= 0.6 is 0 Å². The monoisotopic (exact) mass is 143 g/mol. The lowest BCUT2D eigenvalue weighted by Crippen LogP contribution is -2.35. The van der Waals surface area contributed by atoms with Crippen molar-refractivity contribution in [2.75, 3.05) is 13.3 Å². The summed E-state index contributed by atoms with van der Waals surface area (Å²) >= 11 is 0. The van der Waals surface area contributed by atoms with Crippen molar-refractivity contribution in [3.05, 3.63) is 0 Å². The summed E-state index contributed by atoms with van der Waals surface area (Å²) in [6, 6.07) is 1.30. The van der Waals surface area contributed by atoms with E-state index < -0.39 is 0 Å². The van der Waals surface area contributed by atoms with Crippen molar-refractivity contribution < 1.29 is 4.74 Å². The summed E-state index contributed by atoms with van der Waals surface area (Å²) in [6.45, 7) is 8.43. The molecule has 0 amide bonds. The van der Waals surface area contributed by atoms with Crippen molar-refractivity contribution in [2.24, 2.45) is 0 Å². The summed E-state index contributed by atoms with van der Waals surface area (Å²) in [7, 11) is 0. The number of hydrogen-bond acceptors (Lipinski definition) is 2. The van der Waals surface area contributed by atoms with Crippen LogP contribution in [0, 0.1) is 0 Å². The number of rotatable bonds is 2. The molecule has 1 fully saturated rings. The normalized spacial score (nSPS) is 30.9. The molecule has 0 saturated carbocycles. The van der Waals surface area contributed by atoms with Gasteiger partial charge in [0.2, 0.25) is 0 Å². The fourth-order valence-corrected chi connectivity index (χ4v) is 1.35. The van der Waals surface area contributed by atoms with Gasteiger partial charge in [-0.1, -0.05) is 6.92 Å². The Hall–Kier alpha value is -0.0800. The molecule has 2 atom stereocenters. The second kappa shape index (κ2) is 3.35. The summed E-state index contributed by atoms with van der Waals surface area (Å²) < 4.78 is 5.32. The zero-order valence-electron chi connectivity index (χ0n) is 7.13. The summed E-state index contributed by atoms with van der Waals surface area (Å²) in [5.74, 6) is 0. The van der Waals surface area contributed by atoms with Gasteiger partial charge in [0.15, 0.2) is 0 Å². The standard InChI is InChI=1S/C8H17NO/c1-4-7(2)9-6-10-5-8(9)3/h7-8H,4-6H2,1-3H3. The minimum absolute atomic E-state index is 0.620. The minimum Gasteiger partial charge on any atom is -0.364 e. The zero-order chi connectivity index (χ0) is 7.56. The zero-order valence-corrected chi connectivity index (χ0v) is 7.13. The largest absolute Gasteiger partial charge is 0.364 e. The summed E-state index contributed by atoms with van der Waals surface area (Å²) in [6.07, 6.45) is 1.22. The van der Waals surface area contributed by atoms with Crippen LogP contribution in [0.2, 0.25) is 0 Å². The van der Waals surface area contributed by atoms with Crippen molar-refractivity contribution >= 4 is 0 Å². The highest BCUT2D eigenvalue weighted by atomic mass is 16.5. The highest BCUT2D eigenvalue weighted by Crippen LogP contribution is 2.14. The Balaban J connectivity index is 2.38. The van der Waals surface area contributed by atoms with E-state index in [0.717, 1.165) is 13.3 Å². The average Bonchev–Trinajstić information content (AvgIpc) is 2.34. The van der Waals surface area contributed by atoms with Crippen LogP contribution in [0.15, 0.2) is 0 Å². The molecule has 0 aromatic rings. The highest BCUT2D eigenvalue weighted by molar-refractivity contribution is 4.73. The third kappa shape index (κ3) is 1.50. The molecule has 1 rings (SSSR count). The van der Waals surface area contributed by atoms with Crippen LogP contribution in [0.1, 0.15) is 27.2 Å². The minimum atomic E-state index is 0.620. The maximum atomic E-state index is 5.32.